The van der Waals surface area contributed by atoms with E-state index in [0.29, 0.717) is 17.7 Å². The summed E-state index contributed by atoms with van der Waals surface area (Å²) in [6, 6.07) is 8.77. The summed E-state index contributed by atoms with van der Waals surface area (Å²) in [7, 11) is 0. The Balaban J connectivity index is 1.61. The third-order valence-corrected chi connectivity index (χ3v) is 4.82. The second-order valence-corrected chi connectivity index (χ2v) is 6.26. The molecule has 2 nitrogen and oxygen atoms in total. The van der Waals surface area contributed by atoms with E-state index in [9.17, 15) is 4.39 Å². The fourth-order valence-corrected chi connectivity index (χ4v) is 3.81. The van der Waals surface area contributed by atoms with Gasteiger partial charge in [-0.1, -0.05) is 0 Å². The van der Waals surface area contributed by atoms with Crippen LogP contribution in [0.1, 0.15) is 32.9 Å². The number of aryl methyl sites for hydroxylation is 2. The highest BCUT2D eigenvalue weighted by Crippen LogP contribution is 2.30. The summed E-state index contributed by atoms with van der Waals surface area (Å²) < 4.78 is 13.6. The first kappa shape index (κ1) is 13.3. The van der Waals surface area contributed by atoms with Crippen molar-refractivity contribution >= 4 is 11.3 Å². The summed E-state index contributed by atoms with van der Waals surface area (Å²) in [5.41, 5.74) is 2.54. The van der Waals surface area contributed by atoms with Gasteiger partial charge in [0.25, 0.3) is 0 Å². The Morgan fingerprint density at radius 3 is 2.95 bits per heavy atom. The van der Waals surface area contributed by atoms with Crippen molar-refractivity contribution in [3.05, 3.63) is 56.5 Å². The second kappa shape index (κ2) is 5.74. The number of nitriles is 1. The van der Waals surface area contributed by atoms with Crippen LogP contribution in [0.15, 0.2) is 24.3 Å². The summed E-state index contributed by atoms with van der Waals surface area (Å²) >= 11 is 1.86. The minimum Gasteiger partial charge on any atom is -0.308 e. The van der Waals surface area contributed by atoms with Crippen LogP contribution >= 0.6 is 11.3 Å². The lowest BCUT2D eigenvalue weighted by Gasteiger charge is -2.05. The molecule has 0 bridgehead atoms. The average molecular weight is 286 g/mol. The zero-order chi connectivity index (χ0) is 13.9. The van der Waals surface area contributed by atoms with Gasteiger partial charge in [-0.2, -0.15) is 5.26 Å². The molecule has 0 atom stereocenters. The molecule has 4 heteroatoms. The first-order valence-electron chi connectivity index (χ1n) is 6.76. The molecule has 1 N–H and O–H groups in total. The van der Waals surface area contributed by atoms with Gasteiger partial charge in [-0.15, -0.1) is 11.3 Å². The first-order valence-corrected chi connectivity index (χ1v) is 7.57. The number of thiophene rings is 1. The molecule has 1 aliphatic carbocycles. The topological polar surface area (TPSA) is 35.8 Å². The molecule has 2 aromatic rings. The number of nitrogens with one attached hydrogen (secondary N) is 1. The summed E-state index contributed by atoms with van der Waals surface area (Å²) in [6.45, 7) is 1.21. The van der Waals surface area contributed by atoms with Crippen LogP contribution in [0.4, 0.5) is 4.39 Å². The predicted octanol–water partition coefficient (Wildman–Crippen LogP) is 3.54. The summed E-state index contributed by atoms with van der Waals surface area (Å²) in [4.78, 5) is 2.83. The van der Waals surface area contributed by atoms with Crippen molar-refractivity contribution in [1.29, 1.82) is 5.26 Å². The number of nitrogens with zero attached hydrogens (tertiary/aromatic N) is 1. The lowest BCUT2D eigenvalue weighted by atomic mass is 10.1. The van der Waals surface area contributed by atoms with E-state index < -0.39 is 0 Å². The quantitative estimate of drug-likeness (QED) is 0.933. The minimum atomic E-state index is -0.259. The average Bonchev–Trinajstić information content (AvgIpc) is 3.02. The van der Waals surface area contributed by atoms with Gasteiger partial charge in [0.1, 0.15) is 5.82 Å². The molecule has 0 aliphatic heterocycles. The Hall–Kier alpha value is -1.70. The van der Waals surface area contributed by atoms with Gasteiger partial charge in [0.15, 0.2) is 0 Å². The number of hydrogen-bond acceptors (Lipinski definition) is 3. The fraction of sp³-hybridized carbons (Fsp3) is 0.312. The smallest absolute Gasteiger partial charge is 0.127 e. The molecule has 3 rings (SSSR count). The Morgan fingerprint density at radius 2 is 2.15 bits per heavy atom. The van der Waals surface area contributed by atoms with Gasteiger partial charge >= 0.3 is 0 Å². The molecule has 20 heavy (non-hydrogen) atoms. The molecule has 1 aliphatic rings. The largest absolute Gasteiger partial charge is 0.308 e. The van der Waals surface area contributed by atoms with Crippen molar-refractivity contribution in [3.8, 4) is 6.07 Å². The summed E-state index contributed by atoms with van der Waals surface area (Å²) in [6.07, 6.45) is 3.69. The molecular weight excluding hydrogens is 271 g/mol. The lowest BCUT2D eigenvalue weighted by molar-refractivity contribution is 0.589. The van der Waals surface area contributed by atoms with Crippen LogP contribution in [0, 0.1) is 17.1 Å². The van der Waals surface area contributed by atoms with Gasteiger partial charge in [-0.05, 0) is 49.1 Å². The number of benzene rings is 1. The van der Waals surface area contributed by atoms with E-state index in [-0.39, 0.29) is 5.82 Å². The van der Waals surface area contributed by atoms with Gasteiger partial charge in [-0.25, -0.2) is 4.39 Å². The molecular formula is C16H15FN2S. The van der Waals surface area contributed by atoms with Crippen LogP contribution in [0.2, 0.25) is 0 Å². The van der Waals surface area contributed by atoms with Crippen molar-refractivity contribution in [2.45, 2.75) is 32.4 Å². The highest BCUT2D eigenvalue weighted by molar-refractivity contribution is 7.12. The van der Waals surface area contributed by atoms with E-state index in [0.717, 1.165) is 6.54 Å². The van der Waals surface area contributed by atoms with E-state index in [4.69, 9.17) is 5.26 Å². The summed E-state index contributed by atoms with van der Waals surface area (Å²) in [5, 5.41) is 12.1. The molecule has 1 aromatic carbocycles. The van der Waals surface area contributed by atoms with Crippen molar-refractivity contribution in [1.82, 2.24) is 5.32 Å². The van der Waals surface area contributed by atoms with Gasteiger partial charge in [-0.3, -0.25) is 0 Å². The van der Waals surface area contributed by atoms with Crippen LogP contribution < -0.4 is 5.32 Å². The van der Waals surface area contributed by atoms with Crippen molar-refractivity contribution in [2.75, 3.05) is 0 Å². The monoisotopic (exact) mass is 286 g/mol. The molecule has 0 unspecified atom stereocenters. The standard InChI is InChI=1S/C16H15FN2S/c17-15-5-4-11(8-18)6-13(15)9-19-10-14-7-12-2-1-3-16(12)20-14/h4-7,19H,1-3,9-10H2. The van der Waals surface area contributed by atoms with Crippen LogP contribution in [0.3, 0.4) is 0 Å². The number of fused-ring (bicyclic) bond motifs is 1. The first-order chi connectivity index (χ1) is 9.76. The molecule has 1 heterocycles. The maximum atomic E-state index is 13.6. The van der Waals surface area contributed by atoms with Gasteiger partial charge in [0.05, 0.1) is 11.6 Å². The van der Waals surface area contributed by atoms with Crippen molar-refractivity contribution in [3.63, 3.8) is 0 Å². The Morgan fingerprint density at radius 1 is 1.25 bits per heavy atom. The van der Waals surface area contributed by atoms with Gasteiger partial charge in [0.2, 0.25) is 0 Å². The fourth-order valence-electron chi connectivity index (χ4n) is 2.58. The van der Waals surface area contributed by atoms with E-state index in [1.54, 1.807) is 6.07 Å². The van der Waals surface area contributed by atoms with E-state index in [1.807, 2.05) is 17.4 Å². The second-order valence-electron chi connectivity index (χ2n) is 5.04. The third kappa shape index (κ3) is 2.74. The van der Waals surface area contributed by atoms with Crippen LogP contribution in [0.5, 0.6) is 0 Å². The Labute approximate surface area is 121 Å². The zero-order valence-electron chi connectivity index (χ0n) is 11.1. The normalized spacial score (nSPS) is 13.2. The predicted molar refractivity (Wildman–Crippen MR) is 78.0 cm³/mol. The zero-order valence-corrected chi connectivity index (χ0v) is 11.9. The molecule has 0 spiro atoms. The van der Waals surface area contributed by atoms with E-state index >= 15 is 0 Å². The Bertz CT molecular complexity index is 648. The Kier molecular flexibility index (Phi) is 3.81. The van der Waals surface area contributed by atoms with Gasteiger partial charge in [0, 0.05) is 28.4 Å². The lowest BCUT2D eigenvalue weighted by Crippen LogP contribution is -2.13. The molecule has 0 saturated heterocycles. The van der Waals surface area contributed by atoms with Crippen LogP contribution in [-0.2, 0) is 25.9 Å². The minimum absolute atomic E-state index is 0.259. The third-order valence-electron chi connectivity index (χ3n) is 3.59. The van der Waals surface area contributed by atoms with Crippen molar-refractivity contribution < 1.29 is 4.39 Å². The van der Waals surface area contributed by atoms with Crippen LogP contribution in [-0.4, -0.2) is 0 Å². The number of hydrogen-bond donors (Lipinski definition) is 1. The highest BCUT2D eigenvalue weighted by atomic mass is 32.1. The molecule has 0 radical (unpaired) electrons. The molecule has 0 amide bonds. The van der Waals surface area contributed by atoms with E-state index in [2.05, 4.69) is 11.4 Å². The number of rotatable bonds is 4. The molecule has 102 valence electrons. The molecule has 1 aromatic heterocycles. The maximum Gasteiger partial charge on any atom is 0.127 e. The summed E-state index contributed by atoms with van der Waals surface area (Å²) in [5.74, 6) is -0.259. The van der Waals surface area contributed by atoms with E-state index in [1.165, 1.54) is 46.7 Å². The van der Waals surface area contributed by atoms with Gasteiger partial charge < -0.3 is 5.32 Å². The molecule has 0 saturated carbocycles. The van der Waals surface area contributed by atoms with Crippen LogP contribution in [0.25, 0.3) is 0 Å². The molecule has 0 fully saturated rings. The maximum absolute atomic E-state index is 13.6. The van der Waals surface area contributed by atoms with Crippen molar-refractivity contribution in [2.24, 2.45) is 0 Å². The highest BCUT2D eigenvalue weighted by Gasteiger charge is 2.14. The number of halogens is 1. The SMILES string of the molecule is N#Cc1ccc(F)c(CNCc2cc3c(s2)CCC3)c1.